The lowest BCUT2D eigenvalue weighted by Gasteiger charge is -2.17. The summed E-state index contributed by atoms with van der Waals surface area (Å²) in [5.41, 5.74) is 1.23. The molecule has 4 heteroatoms. The molecule has 1 heterocycles. The molecule has 0 aliphatic rings. The van der Waals surface area contributed by atoms with Crippen molar-refractivity contribution in [1.29, 1.82) is 0 Å². The van der Waals surface area contributed by atoms with E-state index in [9.17, 15) is 0 Å². The van der Waals surface area contributed by atoms with Crippen molar-refractivity contribution >= 4 is 11.6 Å². The largest absolute Gasteiger partial charge is 0.363 e. The lowest BCUT2D eigenvalue weighted by atomic mass is 10.1. The van der Waals surface area contributed by atoms with Gasteiger partial charge in [0.1, 0.15) is 17.5 Å². The highest BCUT2D eigenvalue weighted by atomic mass is 15.2. The highest BCUT2D eigenvalue weighted by Gasteiger charge is 2.08. The SMILES string of the molecule is CN(C)c1cc(N(C)C)nc(Cc2ccccc2)n1. The quantitative estimate of drug-likeness (QED) is 0.839. The zero-order valence-corrected chi connectivity index (χ0v) is 12.0. The highest BCUT2D eigenvalue weighted by molar-refractivity contribution is 5.49. The molecular formula is C15H20N4. The van der Waals surface area contributed by atoms with Gasteiger partial charge < -0.3 is 9.80 Å². The summed E-state index contributed by atoms with van der Waals surface area (Å²) in [5, 5.41) is 0. The molecule has 0 N–H and O–H groups in total. The Balaban J connectivity index is 2.34. The van der Waals surface area contributed by atoms with Crippen LogP contribution in [0.2, 0.25) is 0 Å². The molecule has 0 aliphatic carbocycles. The maximum atomic E-state index is 4.60. The summed E-state index contributed by atoms with van der Waals surface area (Å²) in [7, 11) is 7.98. The van der Waals surface area contributed by atoms with Gasteiger partial charge in [-0.25, -0.2) is 9.97 Å². The van der Waals surface area contributed by atoms with Crippen molar-refractivity contribution in [2.24, 2.45) is 0 Å². The predicted octanol–water partition coefficient (Wildman–Crippen LogP) is 2.20. The van der Waals surface area contributed by atoms with Crippen molar-refractivity contribution < 1.29 is 0 Å². The van der Waals surface area contributed by atoms with Crippen LogP contribution in [0.25, 0.3) is 0 Å². The van der Waals surface area contributed by atoms with Crippen LogP contribution in [-0.4, -0.2) is 38.2 Å². The minimum Gasteiger partial charge on any atom is -0.363 e. The lowest BCUT2D eigenvalue weighted by molar-refractivity contribution is 0.915. The van der Waals surface area contributed by atoms with Gasteiger partial charge in [0.15, 0.2) is 0 Å². The molecule has 1 aromatic carbocycles. The average Bonchev–Trinajstić information content (AvgIpc) is 2.39. The number of benzene rings is 1. The third-order valence-electron chi connectivity index (χ3n) is 2.87. The lowest BCUT2D eigenvalue weighted by Crippen LogP contribution is -2.17. The van der Waals surface area contributed by atoms with E-state index in [0.29, 0.717) is 0 Å². The molecule has 1 aromatic heterocycles. The van der Waals surface area contributed by atoms with Crippen LogP contribution in [0.1, 0.15) is 11.4 Å². The molecule has 0 unspecified atom stereocenters. The molecule has 4 nitrogen and oxygen atoms in total. The number of hydrogen-bond acceptors (Lipinski definition) is 4. The molecule has 19 heavy (non-hydrogen) atoms. The minimum absolute atomic E-state index is 0.753. The number of rotatable bonds is 4. The maximum Gasteiger partial charge on any atom is 0.137 e. The molecule has 2 aromatic rings. The Kier molecular flexibility index (Phi) is 4.00. The van der Waals surface area contributed by atoms with Crippen LogP contribution in [0, 0.1) is 0 Å². The van der Waals surface area contributed by atoms with Crippen LogP contribution in [-0.2, 0) is 6.42 Å². The second-order valence-corrected chi connectivity index (χ2v) is 4.95. The number of nitrogens with zero attached hydrogens (tertiary/aromatic N) is 4. The van der Waals surface area contributed by atoms with Crippen molar-refractivity contribution in [2.75, 3.05) is 38.0 Å². The molecule has 0 fully saturated rings. The fourth-order valence-electron chi connectivity index (χ4n) is 1.79. The van der Waals surface area contributed by atoms with Crippen LogP contribution in [0.5, 0.6) is 0 Å². The molecule has 0 aliphatic heterocycles. The first kappa shape index (κ1) is 13.3. The van der Waals surface area contributed by atoms with Crippen LogP contribution in [0.4, 0.5) is 11.6 Å². The van der Waals surface area contributed by atoms with Gasteiger partial charge in [-0.05, 0) is 5.56 Å². The van der Waals surface area contributed by atoms with E-state index in [4.69, 9.17) is 0 Å². The Bertz CT molecular complexity index is 509. The zero-order valence-electron chi connectivity index (χ0n) is 12.0. The molecule has 0 saturated heterocycles. The monoisotopic (exact) mass is 256 g/mol. The molecule has 100 valence electrons. The van der Waals surface area contributed by atoms with E-state index in [0.717, 1.165) is 23.9 Å². The van der Waals surface area contributed by atoms with E-state index < -0.39 is 0 Å². The number of hydrogen-bond donors (Lipinski definition) is 0. The smallest absolute Gasteiger partial charge is 0.137 e. The summed E-state index contributed by atoms with van der Waals surface area (Å²) in [6.07, 6.45) is 0.753. The van der Waals surface area contributed by atoms with E-state index in [-0.39, 0.29) is 0 Å². The first-order valence-corrected chi connectivity index (χ1v) is 6.33. The van der Waals surface area contributed by atoms with Crippen LogP contribution in [0.3, 0.4) is 0 Å². The first-order chi connectivity index (χ1) is 9.06. The molecular weight excluding hydrogens is 236 g/mol. The Morgan fingerprint density at radius 3 is 1.84 bits per heavy atom. The molecule has 0 spiro atoms. The van der Waals surface area contributed by atoms with Crippen molar-refractivity contribution in [3.05, 3.63) is 47.8 Å². The number of anilines is 2. The van der Waals surface area contributed by atoms with Gasteiger partial charge in [-0.2, -0.15) is 0 Å². The summed E-state index contributed by atoms with van der Waals surface area (Å²) in [4.78, 5) is 13.2. The summed E-state index contributed by atoms with van der Waals surface area (Å²) < 4.78 is 0. The average molecular weight is 256 g/mol. The second kappa shape index (κ2) is 5.69. The first-order valence-electron chi connectivity index (χ1n) is 6.33. The van der Waals surface area contributed by atoms with Gasteiger partial charge in [0.2, 0.25) is 0 Å². The molecule has 0 amide bonds. The van der Waals surface area contributed by atoms with Crippen molar-refractivity contribution in [2.45, 2.75) is 6.42 Å². The van der Waals surface area contributed by atoms with E-state index in [2.05, 4.69) is 22.1 Å². The standard InChI is InChI=1S/C15H20N4/c1-18(2)14-11-15(19(3)4)17-13(16-14)10-12-8-6-5-7-9-12/h5-9,11H,10H2,1-4H3. The van der Waals surface area contributed by atoms with Gasteiger partial charge >= 0.3 is 0 Å². The van der Waals surface area contributed by atoms with Crippen LogP contribution >= 0.6 is 0 Å². The second-order valence-electron chi connectivity index (χ2n) is 4.95. The van der Waals surface area contributed by atoms with E-state index >= 15 is 0 Å². The Morgan fingerprint density at radius 1 is 0.842 bits per heavy atom. The van der Waals surface area contributed by atoms with Crippen molar-refractivity contribution in [1.82, 2.24) is 9.97 Å². The number of aromatic nitrogens is 2. The van der Waals surface area contributed by atoms with Crippen LogP contribution < -0.4 is 9.80 Å². The van der Waals surface area contributed by atoms with Gasteiger partial charge in [0.25, 0.3) is 0 Å². The maximum absolute atomic E-state index is 4.60. The van der Waals surface area contributed by atoms with E-state index in [1.807, 2.05) is 62.3 Å². The summed E-state index contributed by atoms with van der Waals surface area (Å²) in [6, 6.07) is 12.3. The van der Waals surface area contributed by atoms with Crippen molar-refractivity contribution in [3.8, 4) is 0 Å². The fourth-order valence-corrected chi connectivity index (χ4v) is 1.79. The molecule has 0 radical (unpaired) electrons. The molecule has 0 saturated carbocycles. The highest BCUT2D eigenvalue weighted by Crippen LogP contribution is 2.17. The Morgan fingerprint density at radius 2 is 1.37 bits per heavy atom. The molecule has 2 rings (SSSR count). The summed E-state index contributed by atoms with van der Waals surface area (Å²) in [5.74, 6) is 2.72. The summed E-state index contributed by atoms with van der Waals surface area (Å²) in [6.45, 7) is 0. The third-order valence-corrected chi connectivity index (χ3v) is 2.87. The normalized spacial score (nSPS) is 10.3. The topological polar surface area (TPSA) is 32.3 Å². The zero-order chi connectivity index (χ0) is 13.8. The Labute approximate surface area is 114 Å². The molecule has 0 bridgehead atoms. The summed E-state index contributed by atoms with van der Waals surface area (Å²) >= 11 is 0. The Hall–Kier alpha value is -2.10. The van der Waals surface area contributed by atoms with Gasteiger partial charge in [0.05, 0.1) is 0 Å². The minimum atomic E-state index is 0.753. The molecule has 0 atom stereocenters. The van der Waals surface area contributed by atoms with E-state index in [1.54, 1.807) is 0 Å². The van der Waals surface area contributed by atoms with Crippen LogP contribution in [0.15, 0.2) is 36.4 Å². The van der Waals surface area contributed by atoms with Crippen molar-refractivity contribution in [3.63, 3.8) is 0 Å². The van der Waals surface area contributed by atoms with Gasteiger partial charge in [-0.15, -0.1) is 0 Å². The van der Waals surface area contributed by atoms with Gasteiger partial charge in [0, 0.05) is 40.7 Å². The fraction of sp³-hybridized carbons (Fsp3) is 0.333. The predicted molar refractivity (Wildman–Crippen MR) is 79.9 cm³/mol. The van der Waals surface area contributed by atoms with E-state index in [1.165, 1.54) is 5.56 Å². The van der Waals surface area contributed by atoms with Gasteiger partial charge in [-0.1, -0.05) is 30.3 Å². The third kappa shape index (κ3) is 3.44. The van der Waals surface area contributed by atoms with Gasteiger partial charge in [-0.3, -0.25) is 0 Å².